The van der Waals surface area contributed by atoms with Crippen LogP contribution in [0.15, 0.2) is 30.3 Å². The maximum atomic E-state index is 10.8. The van der Waals surface area contributed by atoms with Crippen molar-refractivity contribution in [3.8, 4) is 0 Å². The molecule has 1 aromatic rings. The normalized spacial score (nSPS) is 28.1. The van der Waals surface area contributed by atoms with Crippen LogP contribution in [0, 0.1) is 11.8 Å². The molecule has 1 aromatic carbocycles. The molecule has 0 spiro atoms. The molecular formula is C15H20N2O. The van der Waals surface area contributed by atoms with Gasteiger partial charge in [-0.25, -0.2) is 0 Å². The van der Waals surface area contributed by atoms with Crippen molar-refractivity contribution in [3.63, 3.8) is 0 Å². The second kappa shape index (κ2) is 5.11. The minimum Gasteiger partial charge on any atom is -0.345 e. The first-order valence-corrected chi connectivity index (χ1v) is 6.81. The first-order valence-electron chi connectivity index (χ1n) is 6.81. The van der Waals surface area contributed by atoms with Gasteiger partial charge in [0.05, 0.1) is 0 Å². The van der Waals surface area contributed by atoms with E-state index in [4.69, 9.17) is 0 Å². The number of benzene rings is 1. The summed E-state index contributed by atoms with van der Waals surface area (Å²) >= 11 is 0. The number of rotatable bonds is 3. The summed E-state index contributed by atoms with van der Waals surface area (Å²) in [5.74, 6) is 1.43. The number of carbonyl (C=O) groups excluding carboxylic acids is 1. The number of carbonyl (C=O) groups is 1. The predicted octanol–water partition coefficient (Wildman–Crippen LogP) is 1.60. The summed E-state index contributed by atoms with van der Waals surface area (Å²) in [7, 11) is 0. The first-order chi connectivity index (χ1) is 8.85. The molecule has 2 fully saturated rings. The molecule has 2 aliphatic heterocycles. The molecular weight excluding hydrogens is 224 g/mol. The summed E-state index contributed by atoms with van der Waals surface area (Å²) in [5.41, 5.74) is 1.39. The lowest BCUT2D eigenvalue weighted by atomic mass is 9.88. The van der Waals surface area contributed by atoms with Crippen LogP contribution in [0.2, 0.25) is 0 Å². The number of nitrogens with zero attached hydrogens (tertiary/aromatic N) is 2. The molecule has 3 heteroatoms. The van der Waals surface area contributed by atoms with Crippen molar-refractivity contribution in [2.45, 2.75) is 13.0 Å². The number of hydrogen-bond acceptors (Lipinski definition) is 2. The molecule has 3 nitrogen and oxygen atoms in total. The van der Waals surface area contributed by atoms with Crippen LogP contribution >= 0.6 is 0 Å². The maximum absolute atomic E-state index is 10.8. The van der Waals surface area contributed by atoms with Crippen LogP contribution < -0.4 is 0 Å². The highest BCUT2D eigenvalue weighted by atomic mass is 16.1. The van der Waals surface area contributed by atoms with Crippen LogP contribution in [0.25, 0.3) is 0 Å². The van der Waals surface area contributed by atoms with E-state index < -0.39 is 0 Å². The number of amides is 1. The maximum Gasteiger partial charge on any atom is 0.209 e. The van der Waals surface area contributed by atoms with E-state index in [0.29, 0.717) is 5.92 Å². The van der Waals surface area contributed by atoms with Crippen LogP contribution in [-0.4, -0.2) is 42.4 Å². The van der Waals surface area contributed by atoms with E-state index in [1.54, 1.807) is 0 Å². The molecule has 0 N–H and O–H groups in total. The Morgan fingerprint density at radius 2 is 1.89 bits per heavy atom. The van der Waals surface area contributed by atoms with E-state index in [0.717, 1.165) is 38.5 Å². The predicted molar refractivity (Wildman–Crippen MR) is 71.0 cm³/mol. The molecule has 96 valence electrons. The van der Waals surface area contributed by atoms with Gasteiger partial charge in [0.1, 0.15) is 0 Å². The number of likely N-dealkylation sites (tertiary alicyclic amines) is 2. The largest absolute Gasteiger partial charge is 0.345 e. The van der Waals surface area contributed by atoms with Crippen molar-refractivity contribution in [2.75, 3.05) is 26.2 Å². The van der Waals surface area contributed by atoms with Crippen molar-refractivity contribution in [1.82, 2.24) is 9.80 Å². The van der Waals surface area contributed by atoms with Gasteiger partial charge in [0, 0.05) is 26.2 Å². The lowest BCUT2D eigenvalue weighted by Crippen LogP contribution is -2.39. The van der Waals surface area contributed by atoms with E-state index in [9.17, 15) is 4.79 Å². The van der Waals surface area contributed by atoms with Gasteiger partial charge in [-0.2, -0.15) is 0 Å². The highest BCUT2D eigenvalue weighted by Gasteiger charge is 2.36. The van der Waals surface area contributed by atoms with Crippen LogP contribution in [0.5, 0.6) is 0 Å². The van der Waals surface area contributed by atoms with E-state index in [-0.39, 0.29) is 0 Å². The lowest BCUT2D eigenvalue weighted by Gasteiger charge is -2.34. The molecule has 1 amide bonds. The standard InChI is InChI=1S/C15H20N2O/c18-12-17-9-14-6-7-16(10-15(14)11-17)8-13-4-2-1-3-5-13/h1-5,12,14-15H,6-11H2. The number of fused-ring (bicyclic) bond motifs is 1. The van der Waals surface area contributed by atoms with Crippen molar-refractivity contribution in [2.24, 2.45) is 11.8 Å². The van der Waals surface area contributed by atoms with Crippen molar-refractivity contribution < 1.29 is 4.79 Å². The van der Waals surface area contributed by atoms with Gasteiger partial charge in [-0.05, 0) is 30.4 Å². The minimum absolute atomic E-state index is 0.688. The number of hydrogen-bond donors (Lipinski definition) is 0. The molecule has 0 aliphatic carbocycles. The zero-order valence-electron chi connectivity index (χ0n) is 10.7. The molecule has 2 saturated heterocycles. The fourth-order valence-electron chi connectivity index (χ4n) is 3.35. The van der Waals surface area contributed by atoms with E-state index in [2.05, 4.69) is 35.2 Å². The Kier molecular flexibility index (Phi) is 3.33. The molecule has 2 heterocycles. The zero-order valence-corrected chi connectivity index (χ0v) is 10.7. The average Bonchev–Trinajstić information content (AvgIpc) is 2.82. The van der Waals surface area contributed by atoms with Crippen molar-refractivity contribution in [3.05, 3.63) is 35.9 Å². The third kappa shape index (κ3) is 2.41. The van der Waals surface area contributed by atoms with Crippen LogP contribution in [0.3, 0.4) is 0 Å². The fraction of sp³-hybridized carbons (Fsp3) is 0.533. The summed E-state index contributed by atoms with van der Waals surface area (Å²) in [6, 6.07) is 10.7. The highest BCUT2D eigenvalue weighted by Crippen LogP contribution is 2.30. The molecule has 2 unspecified atom stereocenters. The summed E-state index contributed by atoms with van der Waals surface area (Å²) in [6.45, 7) is 5.30. The summed E-state index contributed by atoms with van der Waals surface area (Å²) < 4.78 is 0. The second-order valence-electron chi connectivity index (χ2n) is 5.59. The summed E-state index contributed by atoms with van der Waals surface area (Å²) in [6.07, 6.45) is 2.25. The van der Waals surface area contributed by atoms with Crippen LogP contribution in [-0.2, 0) is 11.3 Å². The van der Waals surface area contributed by atoms with Gasteiger partial charge in [0.2, 0.25) is 6.41 Å². The molecule has 2 aliphatic rings. The Morgan fingerprint density at radius 3 is 2.67 bits per heavy atom. The Labute approximate surface area is 108 Å². The summed E-state index contributed by atoms with van der Waals surface area (Å²) in [4.78, 5) is 15.3. The Bertz CT molecular complexity index is 406. The molecule has 0 radical (unpaired) electrons. The quantitative estimate of drug-likeness (QED) is 0.754. The van der Waals surface area contributed by atoms with Crippen LogP contribution in [0.1, 0.15) is 12.0 Å². The van der Waals surface area contributed by atoms with Gasteiger partial charge < -0.3 is 4.90 Å². The smallest absolute Gasteiger partial charge is 0.209 e. The second-order valence-corrected chi connectivity index (χ2v) is 5.59. The highest BCUT2D eigenvalue weighted by molar-refractivity contribution is 5.47. The molecule has 0 aromatic heterocycles. The molecule has 0 saturated carbocycles. The van der Waals surface area contributed by atoms with Gasteiger partial charge in [0.25, 0.3) is 0 Å². The Hall–Kier alpha value is -1.35. The van der Waals surface area contributed by atoms with Crippen molar-refractivity contribution in [1.29, 1.82) is 0 Å². The minimum atomic E-state index is 0.688. The van der Waals surface area contributed by atoms with E-state index >= 15 is 0 Å². The third-order valence-electron chi connectivity index (χ3n) is 4.31. The van der Waals surface area contributed by atoms with Gasteiger partial charge >= 0.3 is 0 Å². The molecule has 2 atom stereocenters. The monoisotopic (exact) mass is 244 g/mol. The van der Waals surface area contributed by atoms with E-state index in [1.807, 2.05) is 4.90 Å². The molecule has 3 rings (SSSR count). The first kappa shape index (κ1) is 11.7. The topological polar surface area (TPSA) is 23.6 Å². The summed E-state index contributed by atoms with van der Waals surface area (Å²) in [5, 5.41) is 0. The van der Waals surface area contributed by atoms with Gasteiger partial charge in [-0.1, -0.05) is 30.3 Å². The zero-order chi connectivity index (χ0) is 12.4. The Morgan fingerprint density at radius 1 is 1.11 bits per heavy atom. The molecule has 18 heavy (non-hydrogen) atoms. The van der Waals surface area contributed by atoms with Gasteiger partial charge in [0.15, 0.2) is 0 Å². The average molecular weight is 244 g/mol. The number of piperidine rings is 1. The van der Waals surface area contributed by atoms with Crippen molar-refractivity contribution >= 4 is 6.41 Å². The lowest BCUT2D eigenvalue weighted by molar-refractivity contribution is -0.117. The van der Waals surface area contributed by atoms with Gasteiger partial charge in [-0.3, -0.25) is 9.69 Å². The SMILES string of the molecule is O=CN1CC2CCN(Cc3ccccc3)CC2C1. The van der Waals surface area contributed by atoms with Gasteiger partial charge in [-0.15, -0.1) is 0 Å². The van der Waals surface area contributed by atoms with Crippen LogP contribution in [0.4, 0.5) is 0 Å². The Balaban J connectivity index is 1.59. The van der Waals surface area contributed by atoms with E-state index in [1.165, 1.54) is 18.5 Å². The fourth-order valence-corrected chi connectivity index (χ4v) is 3.35. The molecule has 0 bridgehead atoms. The third-order valence-corrected chi connectivity index (χ3v) is 4.31.